The molecule has 1 aromatic heterocycles. The van der Waals surface area contributed by atoms with Crippen molar-refractivity contribution in [2.24, 2.45) is 23.2 Å². The van der Waals surface area contributed by atoms with Gasteiger partial charge in [0.15, 0.2) is 0 Å². The summed E-state index contributed by atoms with van der Waals surface area (Å²) >= 11 is 6.73. The second kappa shape index (κ2) is 5.02. The van der Waals surface area contributed by atoms with Crippen LogP contribution in [-0.4, -0.2) is 10.4 Å². The third kappa shape index (κ3) is 2.50. The van der Waals surface area contributed by atoms with Gasteiger partial charge in [0, 0.05) is 17.8 Å². The van der Waals surface area contributed by atoms with Gasteiger partial charge in [-0.2, -0.15) is 0 Å². The molecule has 4 aliphatic carbocycles. The number of hydrogen-bond donors (Lipinski definition) is 0. The van der Waals surface area contributed by atoms with Crippen LogP contribution in [-0.2, 0) is 6.42 Å². The number of halogens is 1. The molecule has 4 bridgehead atoms. The normalized spacial score (nSPS) is 40.0. The lowest BCUT2D eigenvalue weighted by molar-refractivity contribution is -0.0574. The van der Waals surface area contributed by atoms with E-state index in [1.165, 1.54) is 50.5 Å². The zero-order valence-electron chi connectivity index (χ0n) is 12.1. The second-order valence-corrected chi connectivity index (χ2v) is 8.40. The van der Waals surface area contributed by atoms with Gasteiger partial charge < -0.3 is 0 Å². The predicted molar refractivity (Wildman–Crippen MR) is 82.8 cm³/mol. The number of alkyl halides is 1. The van der Waals surface area contributed by atoms with Gasteiger partial charge in [-0.15, -0.1) is 11.6 Å². The molecule has 0 N–H and O–H groups in total. The summed E-state index contributed by atoms with van der Waals surface area (Å²) in [5.41, 5.74) is 1.94. The first-order valence-electron chi connectivity index (χ1n) is 8.24. The quantitative estimate of drug-likeness (QED) is 0.723. The Kier molecular flexibility index (Phi) is 3.29. The predicted octanol–water partition coefficient (Wildman–Crippen LogP) is 4.84. The van der Waals surface area contributed by atoms with Gasteiger partial charge in [0.25, 0.3) is 0 Å². The fourth-order valence-corrected chi connectivity index (χ4v) is 6.36. The summed E-state index contributed by atoms with van der Waals surface area (Å²) in [4.78, 5) is 4.09. The maximum atomic E-state index is 6.73. The zero-order chi connectivity index (χ0) is 13.6. The van der Waals surface area contributed by atoms with Crippen LogP contribution < -0.4 is 0 Å². The third-order valence-electron chi connectivity index (χ3n) is 6.03. The van der Waals surface area contributed by atoms with Crippen LogP contribution >= 0.6 is 11.6 Å². The Morgan fingerprint density at radius 1 is 1.05 bits per heavy atom. The Bertz CT molecular complexity index is 434. The summed E-state index contributed by atoms with van der Waals surface area (Å²) in [7, 11) is 0. The minimum Gasteiger partial charge on any atom is -0.265 e. The molecule has 0 saturated heterocycles. The topological polar surface area (TPSA) is 12.9 Å². The van der Waals surface area contributed by atoms with Gasteiger partial charge in [-0.3, -0.25) is 4.98 Å². The van der Waals surface area contributed by atoms with Gasteiger partial charge in [0.05, 0.1) is 0 Å². The van der Waals surface area contributed by atoms with Crippen molar-refractivity contribution in [3.8, 4) is 0 Å². The molecular weight excluding hydrogens is 266 g/mol. The average Bonchev–Trinajstić information content (AvgIpc) is 2.37. The highest BCUT2D eigenvalue weighted by molar-refractivity contribution is 6.20. The molecule has 5 rings (SSSR count). The molecule has 0 amide bonds. The van der Waals surface area contributed by atoms with Crippen LogP contribution in [0.5, 0.6) is 0 Å². The van der Waals surface area contributed by atoms with Gasteiger partial charge in [0.1, 0.15) is 0 Å². The molecule has 1 nitrogen and oxygen atoms in total. The monoisotopic (exact) mass is 289 g/mol. The maximum absolute atomic E-state index is 6.73. The van der Waals surface area contributed by atoms with Crippen molar-refractivity contribution in [2.75, 3.05) is 0 Å². The minimum absolute atomic E-state index is 0.300. The van der Waals surface area contributed by atoms with Crippen molar-refractivity contribution in [1.29, 1.82) is 0 Å². The summed E-state index contributed by atoms with van der Waals surface area (Å²) in [5.74, 6) is 3.10. The van der Waals surface area contributed by atoms with E-state index in [0.29, 0.717) is 10.8 Å². The van der Waals surface area contributed by atoms with Crippen LogP contribution in [0.3, 0.4) is 0 Å². The van der Waals surface area contributed by atoms with E-state index in [-0.39, 0.29) is 0 Å². The van der Waals surface area contributed by atoms with Crippen LogP contribution in [0.25, 0.3) is 0 Å². The van der Waals surface area contributed by atoms with Crippen LogP contribution in [0.2, 0.25) is 0 Å². The molecular formula is C18H24ClN. The van der Waals surface area contributed by atoms with Crippen molar-refractivity contribution in [1.82, 2.24) is 4.98 Å². The lowest BCUT2D eigenvalue weighted by Gasteiger charge is -2.57. The van der Waals surface area contributed by atoms with E-state index in [9.17, 15) is 0 Å². The molecule has 2 heteroatoms. The van der Waals surface area contributed by atoms with Crippen molar-refractivity contribution in [2.45, 2.75) is 56.7 Å². The van der Waals surface area contributed by atoms with Crippen LogP contribution in [0.1, 0.15) is 50.5 Å². The molecule has 0 aromatic carbocycles. The molecule has 4 aliphatic rings. The Labute approximate surface area is 127 Å². The second-order valence-electron chi connectivity index (χ2n) is 7.78. The summed E-state index contributed by atoms with van der Waals surface area (Å²) in [6.07, 6.45) is 15.0. The molecule has 0 radical (unpaired) electrons. The fraction of sp³-hybridized carbons (Fsp3) is 0.722. The van der Waals surface area contributed by atoms with Crippen LogP contribution in [0, 0.1) is 23.2 Å². The lowest BCUT2D eigenvalue weighted by Crippen LogP contribution is -2.47. The van der Waals surface area contributed by atoms with E-state index < -0.39 is 0 Å². The number of aromatic nitrogens is 1. The Hall–Kier alpha value is -0.560. The fourth-order valence-electron chi connectivity index (χ4n) is 5.86. The first kappa shape index (κ1) is 13.1. The highest BCUT2D eigenvalue weighted by Crippen LogP contribution is 2.61. The van der Waals surface area contributed by atoms with Crippen molar-refractivity contribution >= 4 is 11.6 Å². The van der Waals surface area contributed by atoms with Crippen molar-refractivity contribution in [3.63, 3.8) is 0 Å². The van der Waals surface area contributed by atoms with Crippen molar-refractivity contribution in [3.05, 3.63) is 30.1 Å². The number of pyridine rings is 1. The van der Waals surface area contributed by atoms with Gasteiger partial charge in [-0.1, -0.05) is 0 Å². The van der Waals surface area contributed by atoms with Crippen molar-refractivity contribution < 1.29 is 0 Å². The van der Waals surface area contributed by atoms with E-state index in [4.69, 9.17) is 11.6 Å². The van der Waals surface area contributed by atoms with Crippen LogP contribution in [0.4, 0.5) is 0 Å². The molecule has 0 spiro atoms. The van der Waals surface area contributed by atoms with Gasteiger partial charge in [0.2, 0.25) is 0 Å². The first-order chi connectivity index (χ1) is 9.71. The molecule has 1 atom stereocenters. The largest absolute Gasteiger partial charge is 0.265 e. The Morgan fingerprint density at radius 3 is 2.15 bits per heavy atom. The van der Waals surface area contributed by atoms with E-state index in [2.05, 4.69) is 17.1 Å². The highest BCUT2D eigenvalue weighted by atomic mass is 35.5. The molecule has 4 saturated carbocycles. The Morgan fingerprint density at radius 2 is 1.60 bits per heavy atom. The zero-order valence-corrected chi connectivity index (χ0v) is 12.9. The van der Waals surface area contributed by atoms with E-state index >= 15 is 0 Å². The van der Waals surface area contributed by atoms with E-state index in [1.807, 2.05) is 12.4 Å². The number of rotatable bonds is 4. The first-order valence-corrected chi connectivity index (χ1v) is 8.67. The molecule has 1 aromatic rings. The molecule has 4 fully saturated rings. The van der Waals surface area contributed by atoms with Crippen LogP contribution in [0.15, 0.2) is 24.5 Å². The summed E-state index contributed by atoms with van der Waals surface area (Å²) < 4.78 is 0. The highest BCUT2D eigenvalue weighted by Gasteiger charge is 2.51. The van der Waals surface area contributed by atoms with Gasteiger partial charge in [-0.25, -0.2) is 0 Å². The SMILES string of the molecule is ClC(Cc1ccncc1)CC12CC3CC(CC(C3)C1)C2. The van der Waals surface area contributed by atoms with Gasteiger partial charge >= 0.3 is 0 Å². The number of nitrogens with zero attached hydrogens (tertiary/aromatic N) is 1. The van der Waals surface area contributed by atoms with E-state index in [0.717, 1.165) is 24.2 Å². The standard InChI is InChI=1S/C18H24ClN/c19-17(8-13-1-3-20-4-2-13)12-18-9-14-5-15(10-18)7-16(6-14)11-18/h1-4,14-17H,5-12H2. The maximum Gasteiger partial charge on any atom is 0.0381 e. The van der Waals surface area contributed by atoms with E-state index in [1.54, 1.807) is 0 Å². The smallest absolute Gasteiger partial charge is 0.0381 e. The average molecular weight is 290 g/mol. The summed E-state index contributed by atoms with van der Waals surface area (Å²) in [6.45, 7) is 0. The molecule has 1 unspecified atom stereocenters. The summed E-state index contributed by atoms with van der Waals surface area (Å²) in [5, 5.41) is 0.300. The Balaban J connectivity index is 1.43. The molecule has 108 valence electrons. The van der Waals surface area contributed by atoms with Gasteiger partial charge in [-0.05, 0) is 92.2 Å². The molecule has 1 heterocycles. The molecule has 20 heavy (non-hydrogen) atoms. The molecule has 0 aliphatic heterocycles. The minimum atomic E-state index is 0.300. The lowest BCUT2D eigenvalue weighted by atomic mass is 9.48. The number of hydrogen-bond acceptors (Lipinski definition) is 1. The summed E-state index contributed by atoms with van der Waals surface area (Å²) in [6, 6.07) is 4.21. The third-order valence-corrected chi connectivity index (χ3v) is 6.33.